The molecule has 1 fully saturated rings. The van der Waals surface area contributed by atoms with Crippen molar-refractivity contribution in [2.75, 3.05) is 18.6 Å². The molecule has 2 aliphatic rings. The van der Waals surface area contributed by atoms with Crippen LogP contribution < -0.4 is 5.32 Å². The summed E-state index contributed by atoms with van der Waals surface area (Å²) >= 11 is 4.40. The van der Waals surface area contributed by atoms with Gasteiger partial charge in [-0.15, -0.1) is 0 Å². The van der Waals surface area contributed by atoms with Gasteiger partial charge in [-0.05, 0) is 43.4 Å². The molecule has 1 aliphatic heterocycles. The van der Waals surface area contributed by atoms with Crippen LogP contribution in [-0.2, 0) is 6.42 Å². The van der Waals surface area contributed by atoms with E-state index in [1.807, 2.05) is 0 Å². The lowest BCUT2D eigenvalue weighted by molar-refractivity contribution is 0.422. The second-order valence-electron chi connectivity index (χ2n) is 5.88. The molecule has 0 bridgehead atoms. The summed E-state index contributed by atoms with van der Waals surface area (Å²) in [5.74, 6) is 3.45. The van der Waals surface area contributed by atoms with Crippen LogP contribution in [0.25, 0.3) is 0 Å². The number of hydrogen-bond donors (Lipinski definition) is 1. The summed E-state index contributed by atoms with van der Waals surface area (Å²) in [5.41, 5.74) is 3.18. The van der Waals surface area contributed by atoms with E-state index >= 15 is 0 Å². The van der Waals surface area contributed by atoms with Gasteiger partial charge in [-0.25, -0.2) is 0 Å². The summed E-state index contributed by atoms with van der Waals surface area (Å²) in [7, 11) is 2.15. The SMILES string of the molecule is CCC1SCCSC1C(CC1Cc2ccccc21)NC. The molecule has 1 aromatic rings. The smallest absolute Gasteiger partial charge is 0.0320 e. The molecule has 3 heteroatoms. The zero-order valence-electron chi connectivity index (χ0n) is 12.5. The second-order valence-corrected chi connectivity index (χ2v) is 8.52. The van der Waals surface area contributed by atoms with Gasteiger partial charge < -0.3 is 5.32 Å². The van der Waals surface area contributed by atoms with Crippen LogP contribution in [0.4, 0.5) is 0 Å². The van der Waals surface area contributed by atoms with Crippen molar-refractivity contribution in [3.05, 3.63) is 35.4 Å². The first-order chi connectivity index (χ1) is 9.83. The van der Waals surface area contributed by atoms with Gasteiger partial charge in [0, 0.05) is 28.0 Å². The Bertz CT molecular complexity index is 448. The molecule has 0 amide bonds. The highest BCUT2D eigenvalue weighted by Crippen LogP contribution is 2.42. The minimum Gasteiger partial charge on any atom is -0.316 e. The maximum Gasteiger partial charge on any atom is 0.0320 e. The van der Waals surface area contributed by atoms with E-state index in [1.165, 1.54) is 30.8 Å². The monoisotopic (exact) mass is 307 g/mol. The van der Waals surface area contributed by atoms with Crippen LogP contribution in [0.5, 0.6) is 0 Å². The van der Waals surface area contributed by atoms with Gasteiger partial charge in [-0.1, -0.05) is 31.2 Å². The summed E-state index contributed by atoms with van der Waals surface area (Å²) in [6, 6.07) is 9.65. The average Bonchev–Trinajstić information content (AvgIpc) is 2.49. The fourth-order valence-corrected chi connectivity index (χ4v) is 6.92. The van der Waals surface area contributed by atoms with Crippen LogP contribution in [0.15, 0.2) is 24.3 Å². The molecule has 0 spiro atoms. The van der Waals surface area contributed by atoms with Crippen LogP contribution >= 0.6 is 23.5 Å². The fraction of sp³-hybridized carbons (Fsp3) is 0.647. The van der Waals surface area contributed by atoms with Crippen molar-refractivity contribution in [1.29, 1.82) is 0 Å². The maximum absolute atomic E-state index is 3.63. The Balaban J connectivity index is 1.66. The van der Waals surface area contributed by atoms with E-state index in [1.54, 1.807) is 11.1 Å². The first-order valence-corrected chi connectivity index (χ1v) is 9.91. The predicted octanol–water partition coefficient (Wildman–Crippen LogP) is 3.93. The second kappa shape index (κ2) is 6.76. The summed E-state index contributed by atoms with van der Waals surface area (Å²) in [6.45, 7) is 2.35. The van der Waals surface area contributed by atoms with E-state index in [2.05, 4.69) is 67.1 Å². The Morgan fingerprint density at radius 2 is 2.05 bits per heavy atom. The highest BCUT2D eigenvalue weighted by Gasteiger charge is 2.35. The maximum atomic E-state index is 3.63. The molecule has 0 radical (unpaired) electrons. The molecule has 1 N–H and O–H groups in total. The largest absolute Gasteiger partial charge is 0.316 e. The van der Waals surface area contributed by atoms with E-state index < -0.39 is 0 Å². The first kappa shape index (κ1) is 14.8. The number of thioether (sulfide) groups is 2. The Hall–Kier alpha value is -0.120. The van der Waals surface area contributed by atoms with Gasteiger partial charge in [0.05, 0.1) is 0 Å². The molecule has 20 heavy (non-hydrogen) atoms. The summed E-state index contributed by atoms with van der Waals surface area (Å²) in [5, 5.41) is 5.26. The average molecular weight is 308 g/mol. The minimum atomic E-state index is 0.663. The molecule has 0 aromatic heterocycles. The Labute approximate surface area is 131 Å². The van der Waals surface area contributed by atoms with Gasteiger partial charge in [0.25, 0.3) is 0 Å². The van der Waals surface area contributed by atoms with E-state index in [9.17, 15) is 0 Å². The summed E-state index contributed by atoms with van der Waals surface area (Å²) in [6.07, 6.45) is 3.90. The third-order valence-corrected chi connectivity index (χ3v) is 8.17. The molecule has 4 atom stereocenters. The lowest BCUT2D eigenvalue weighted by Gasteiger charge is -2.40. The van der Waals surface area contributed by atoms with Gasteiger partial charge in [-0.3, -0.25) is 0 Å². The van der Waals surface area contributed by atoms with Crippen molar-refractivity contribution in [3.63, 3.8) is 0 Å². The first-order valence-electron chi connectivity index (χ1n) is 7.81. The topological polar surface area (TPSA) is 12.0 Å². The number of benzene rings is 1. The van der Waals surface area contributed by atoms with Crippen LogP contribution in [0.1, 0.15) is 36.8 Å². The molecule has 4 unspecified atom stereocenters. The van der Waals surface area contributed by atoms with E-state index in [4.69, 9.17) is 0 Å². The third-order valence-electron chi connectivity index (χ3n) is 4.76. The van der Waals surface area contributed by atoms with E-state index in [-0.39, 0.29) is 0 Å². The lowest BCUT2D eigenvalue weighted by Crippen LogP contribution is -2.45. The molecular formula is C17H25NS2. The van der Waals surface area contributed by atoms with Crippen molar-refractivity contribution in [3.8, 4) is 0 Å². The van der Waals surface area contributed by atoms with Gasteiger partial charge in [0.2, 0.25) is 0 Å². The number of hydrogen-bond acceptors (Lipinski definition) is 3. The predicted molar refractivity (Wildman–Crippen MR) is 93.1 cm³/mol. The lowest BCUT2D eigenvalue weighted by atomic mass is 9.74. The number of rotatable bonds is 5. The van der Waals surface area contributed by atoms with E-state index in [0.29, 0.717) is 6.04 Å². The zero-order valence-corrected chi connectivity index (χ0v) is 14.1. The molecular weight excluding hydrogens is 282 g/mol. The Morgan fingerprint density at radius 3 is 2.80 bits per heavy atom. The highest BCUT2D eigenvalue weighted by molar-refractivity contribution is 8.07. The van der Waals surface area contributed by atoms with Crippen molar-refractivity contribution in [2.24, 2.45) is 0 Å². The van der Waals surface area contributed by atoms with Crippen molar-refractivity contribution < 1.29 is 0 Å². The highest BCUT2D eigenvalue weighted by atomic mass is 32.2. The minimum absolute atomic E-state index is 0.663. The quantitative estimate of drug-likeness (QED) is 0.885. The van der Waals surface area contributed by atoms with Crippen molar-refractivity contribution in [1.82, 2.24) is 5.32 Å². The number of fused-ring (bicyclic) bond motifs is 1. The normalized spacial score (nSPS) is 30.4. The summed E-state index contributed by atoms with van der Waals surface area (Å²) in [4.78, 5) is 0. The fourth-order valence-electron chi connectivity index (χ4n) is 3.61. The van der Waals surface area contributed by atoms with Crippen LogP contribution in [0.2, 0.25) is 0 Å². The molecule has 0 saturated carbocycles. The molecule has 1 saturated heterocycles. The third kappa shape index (κ3) is 2.90. The van der Waals surface area contributed by atoms with E-state index in [0.717, 1.165) is 16.4 Å². The molecule has 3 rings (SSSR count). The molecule has 1 aliphatic carbocycles. The number of nitrogens with one attached hydrogen (secondary N) is 1. The molecule has 110 valence electrons. The van der Waals surface area contributed by atoms with Crippen molar-refractivity contribution >= 4 is 23.5 Å². The zero-order chi connectivity index (χ0) is 13.9. The van der Waals surface area contributed by atoms with Crippen LogP contribution in [0.3, 0.4) is 0 Å². The van der Waals surface area contributed by atoms with Gasteiger partial charge in [0.15, 0.2) is 0 Å². The van der Waals surface area contributed by atoms with Gasteiger partial charge in [0.1, 0.15) is 0 Å². The standard InChI is InChI=1S/C17H25NS2/c1-3-16-17(20-9-8-19-16)15(18-2)11-13-10-12-6-4-5-7-14(12)13/h4-7,13,15-18H,3,8-11H2,1-2H3. The molecule has 1 nitrogen and oxygen atoms in total. The van der Waals surface area contributed by atoms with Gasteiger partial charge >= 0.3 is 0 Å². The Kier molecular flexibility index (Phi) is 5.00. The summed E-state index contributed by atoms with van der Waals surface area (Å²) < 4.78 is 0. The van der Waals surface area contributed by atoms with Crippen LogP contribution in [0, 0.1) is 0 Å². The van der Waals surface area contributed by atoms with Crippen LogP contribution in [-0.4, -0.2) is 35.1 Å². The molecule has 1 aromatic carbocycles. The Morgan fingerprint density at radius 1 is 1.25 bits per heavy atom. The van der Waals surface area contributed by atoms with Crippen molar-refractivity contribution in [2.45, 2.75) is 48.6 Å². The van der Waals surface area contributed by atoms with Gasteiger partial charge in [-0.2, -0.15) is 23.5 Å². The molecule has 1 heterocycles.